The molecule has 0 aliphatic rings. The van der Waals surface area contributed by atoms with Crippen molar-refractivity contribution in [1.82, 2.24) is 9.78 Å². The zero-order chi connectivity index (χ0) is 14.7. The Labute approximate surface area is 121 Å². The molecule has 1 amide bonds. The second-order valence-corrected chi connectivity index (χ2v) is 4.98. The molecule has 1 heterocycles. The van der Waals surface area contributed by atoms with E-state index in [9.17, 15) is 9.18 Å². The average molecular weight is 296 g/mol. The summed E-state index contributed by atoms with van der Waals surface area (Å²) >= 11 is 5.65. The third-order valence-electron chi connectivity index (χ3n) is 2.86. The summed E-state index contributed by atoms with van der Waals surface area (Å²) in [5.74, 6) is -0.674. The standard InChI is InChI=1S/C14H15ClFN3O/c1-9-7-10(2)19(18-9)6-5-14(20)17-11-3-4-13(16)12(15)8-11/h3-4,7-8H,5-6H2,1-2H3,(H,17,20). The Bertz CT molecular complexity index is 639. The molecule has 4 nitrogen and oxygen atoms in total. The molecule has 6 heteroatoms. The Balaban J connectivity index is 1.92. The quantitative estimate of drug-likeness (QED) is 0.940. The third kappa shape index (κ3) is 3.57. The molecular weight excluding hydrogens is 281 g/mol. The summed E-state index contributed by atoms with van der Waals surface area (Å²) in [6, 6.07) is 6.04. The van der Waals surface area contributed by atoms with Gasteiger partial charge in [-0.05, 0) is 38.1 Å². The van der Waals surface area contributed by atoms with Gasteiger partial charge in [-0.25, -0.2) is 4.39 Å². The van der Waals surface area contributed by atoms with Crippen LogP contribution in [0.5, 0.6) is 0 Å². The van der Waals surface area contributed by atoms with Gasteiger partial charge in [0.25, 0.3) is 0 Å². The van der Waals surface area contributed by atoms with E-state index in [2.05, 4.69) is 10.4 Å². The average Bonchev–Trinajstić information content (AvgIpc) is 2.70. The van der Waals surface area contributed by atoms with Crippen molar-refractivity contribution in [2.75, 3.05) is 5.32 Å². The van der Waals surface area contributed by atoms with E-state index in [0.29, 0.717) is 12.2 Å². The van der Waals surface area contributed by atoms with Crippen molar-refractivity contribution >= 4 is 23.2 Å². The van der Waals surface area contributed by atoms with Crippen molar-refractivity contribution in [2.24, 2.45) is 0 Å². The number of hydrogen-bond donors (Lipinski definition) is 1. The van der Waals surface area contributed by atoms with Crippen molar-refractivity contribution in [3.8, 4) is 0 Å². The predicted octanol–water partition coefficient (Wildman–Crippen LogP) is 3.32. The van der Waals surface area contributed by atoms with Crippen LogP contribution in [0, 0.1) is 19.7 Å². The van der Waals surface area contributed by atoms with Crippen LogP contribution in [0.15, 0.2) is 24.3 Å². The van der Waals surface area contributed by atoms with Crippen LogP contribution < -0.4 is 5.32 Å². The van der Waals surface area contributed by atoms with Gasteiger partial charge in [0.2, 0.25) is 5.91 Å². The summed E-state index contributed by atoms with van der Waals surface area (Å²) in [4.78, 5) is 11.8. The van der Waals surface area contributed by atoms with Crippen molar-refractivity contribution in [3.05, 3.63) is 46.5 Å². The van der Waals surface area contributed by atoms with Crippen LogP contribution in [0.3, 0.4) is 0 Å². The van der Waals surface area contributed by atoms with Gasteiger partial charge in [0.05, 0.1) is 10.7 Å². The molecule has 0 unspecified atom stereocenters. The molecule has 2 rings (SSSR count). The summed E-state index contributed by atoms with van der Waals surface area (Å²) in [5.41, 5.74) is 2.42. The van der Waals surface area contributed by atoms with Crippen molar-refractivity contribution < 1.29 is 9.18 Å². The Morgan fingerprint density at radius 1 is 1.40 bits per heavy atom. The van der Waals surface area contributed by atoms with E-state index in [1.807, 2.05) is 19.9 Å². The Hall–Kier alpha value is -1.88. The maximum Gasteiger partial charge on any atom is 0.226 e. The van der Waals surface area contributed by atoms with Crippen LogP contribution in [0.25, 0.3) is 0 Å². The first-order chi connectivity index (χ1) is 9.45. The van der Waals surface area contributed by atoms with Crippen LogP contribution in [0.2, 0.25) is 5.02 Å². The highest BCUT2D eigenvalue weighted by molar-refractivity contribution is 6.31. The molecule has 0 aliphatic heterocycles. The van der Waals surface area contributed by atoms with Crippen molar-refractivity contribution in [2.45, 2.75) is 26.8 Å². The predicted molar refractivity (Wildman–Crippen MR) is 76.4 cm³/mol. The van der Waals surface area contributed by atoms with Crippen LogP contribution in [-0.2, 0) is 11.3 Å². The zero-order valence-electron chi connectivity index (χ0n) is 11.3. The smallest absolute Gasteiger partial charge is 0.226 e. The fraction of sp³-hybridized carbons (Fsp3) is 0.286. The van der Waals surface area contributed by atoms with E-state index in [4.69, 9.17) is 11.6 Å². The van der Waals surface area contributed by atoms with Gasteiger partial charge in [-0.3, -0.25) is 9.48 Å². The van der Waals surface area contributed by atoms with Gasteiger partial charge in [-0.2, -0.15) is 5.10 Å². The van der Waals surface area contributed by atoms with Gasteiger partial charge in [0.1, 0.15) is 5.82 Å². The molecule has 0 radical (unpaired) electrons. The normalized spacial score (nSPS) is 10.6. The molecule has 0 bridgehead atoms. The number of aryl methyl sites for hydroxylation is 3. The SMILES string of the molecule is Cc1cc(C)n(CCC(=O)Nc2ccc(F)c(Cl)c2)n1. The van der Waals surface area contributed by atoms with Gasteiger partial charge in [0, 0.05) is 24.3 Å². The molecular formula is C14H15ClFN3O. The van der Waals surface area contributed by atoms with Crippen LogP contribution >= 0.6 is 11.6 Å². The molecule has 1 aromatic heterocycles. The monoisotopic (exact) mass is 295 g/mol. The molecule has 0 fully saturated rings. The molecule has 2 aromatic rings. The summed E-state index contributed by atoms with van der Waals surface area (Å²) in [7, 11) is 0. The fourth-order valence-electron chi connectivity index (χ4n) is 1.91. The summed E-state index contributed by atoms with van der Waals surface area (Å²) in [6.07, 6.45) is 0.289. The number of carbonyl (C=O) groups is 1. The molecule has 0 saturated heterocycles. The number of rotatable bonds is 4. The van der Waals surface area contributed by atoms with Gasteiger partial charge >= 0.3 is 0 Å². The molecule has 1 aromatic carbocycles. The lowest BCUT2D eigenvalue weighted by atomic mass is 10.3. The first-order valence-electron chi connectivity index (χ1n) is 6.21. The van der Waals surface area contributed by atoms with Crippen molar-refractivity contribution in [1.29, 1.82) is 0 Å². The molecule has 1 N–H and O–H groups in total. The number of nitrogens with zero attached hydrogens (tertiary/aromatic N) is 2. The molecule has 0 atom stereocenters. The second-order valence-electron chi connectivity index (χ2n) is 4.58. The largest absolute Gasteiger partial charge is 0.326 e. The van der Waals surface area contributed by atoms with E-state index in [-0.39, 0.29) is 17.4 Å². The number of hydrogen-bond acceptors (Lipinski definition) is 2. The minimum atomic E-state index is -0.507. The van der Waals surface area contributed by atoms with Crippen LogP contribution in [-0.4, -0.2) is 15.7 Å². The topological polar surface area (TPSA) is 46.9 Å². The van der Waals surface area contributed by atoms with E-state index in [1.165, 1.54) is 18.2 Å². The number of nitrogens with one attached hydrogen (secondary N) is 1. The highest BCUT2D eigenvalue weighted by atomic mass is 35.5. The van der Waals surface area contributed by atoms with Crippen molar-refractivity contribution in [3.63, 3.8) is 0 Å². The number of anilines is 1. The van der Waals surface area contributed by atoms with Gasteiger partial charge in [-0.15, -0.1) is 0 Å². The Morgan fingerprint density at radius 3 is 2.75 bits per heavy atom. The highest BCUT2D eigenvalue weighted by Crippen LogP contribution is 2.19. The first-order valence-corrected chi connectivity index (χ1v) is 6.59. The zero-order valence-corrected chi connectivity index (χ0v) is 12.0. The van der Waals surface area contributed by atoms with E-state index in [1.54, 1.807) is 4.68 Å². The minimum Gasteiger partial charge on any atom is -0.326 e. The number of aromatic nitrogens is 2. The Morgan fingerprint density at radius 2 is 2.15 bits per heavy atom. The fourth-order valence-corrected chi connectivity index (χ4v) is 2.09. The summed E-state index contributed by atoms with van der Waals surface area (Å²) in [5, 5.41) is 6.94. The van der Waals surface area contributed by atoms with E-state index >= 15 is 0 Å². The van der Waals surface area contributed by atoms with E-state index in [0.717, 1.165) is 11.4 Å². The van der Waals surface area contributed by atoms with E-state index < -0.39 is 5.82 Å². The maximum absolute atomic E-state index is 13.0. The number of benzene rings is 1. The van der Waals surface area contributed by atoms with Gasteiger partial charge in [-0.1, -0.05) is 11.6 Å². The summed E-state index contributed by atoms with van der Waals surface area (Å²) < 4.78 is 14.8. The maximum atomic E-state index is 13.0. The number of halogens is 2. The Kier molecular flexibility index (Phi) is 4.39. The second kappa shape index (κ2) is 6.05. The van der Waals surface area contributed by atoms with Crippen LogP contribution in [0.4, 0.5) is 10.1 Å². The number of amides is 1. The third-order valence-corrected chi connectivity index (χ3v) is 3.15. The highest BCUT2D eigenvalue weighted by Gasteiger charge is 2.07. The number of carbonyl (C=O) groups excluding carboxylic acids is 1. The molecule has 106 valence electrons. The first kappa shape index (κ1) is 14.5. The lowest BCUT2D eigenvalue weighted by molar-refractivity contribution is -0.116. The molecule has 0 spiro atoms. The summed E-state index contributed by atoms with van der Waals surface area (Å²) in [6.45, 7) is 4.35. The molecule has 0 aliphatic carbocycles. The van der Waals surface area contributed by atoms with Gasteiger partial charge < -0.3 is 5.32 Å². The lowest BCUT2D eigenvalue weighted by Gasteiger charge is -2.07. The molecule has 0 saturated carbocycles. The van der Waals surface area contributed by atoms with Gasteiger partial charge in [0.15, 0.2) is 0 Å². The molecule has 20 heavy (non-hydrogen) atoms. The lowest BCUT2D eigenvalue weighted by Crippen LogP contribution is -2.15. The van der Waals surface area contributed by atoms with Crippen LogP contribution in [0.1, 0.15) is 17.8 Å². The minimum absolute atomic E-state index is 0.0126.